The van der Waals surface area contributed by atoms with Gasteiger partial charge in [0, 0.05) is 23.0 Å². The van der Waals surface area contributed by atoms with E-state index in [-0.39, 0.29) is 6.03 Å². The van der Waals surface area contributed by atoms with Crippen LogP contribution >= 0.6 is 15.9 Å². The van der Waals surface area contributed by atoms with Gasteiger partial charge in [0.1, 0.15) is 9.84 Å². The number of halogens is 1. The number of amides is 2. The summed E-state index contributed by atoms with van der Waals surface area (Å²) in [5.41, 5.74) is 0.683. The van der Waals surface area contributed by atoms with Gasteiger partial charge in [0.25, 0.3) is 0 Å². The van der Waals surface area contributed by atoms with Gasteiger partial charge in [-0.2, -0.15) is 0 Å². The molecule has 0 radical (unpaired) electrons. The van der Waals surface area contributed by atoms with Gasteiger partial charge >= 0.3 is 6.03 Å². The van der Waals surface area contributed by atoms with E-state index in [0.29, 0.717) is 31.0 Å². The number of sulfone groups is 1. The molecule has 1 aromatic carbocycles. The molecular formula is C15H23BrN2O3S. The Balaban J connectivity index is 2.44. The fourth-order valence-corrected chi connectivity index (χ4v) is 3.63. The van der Waals surface area contributed by atoms with E-state index >= 15 is 0 Å². The minimum atomic E-state index is -3.10. The second-order valence-electron chi connectivity index (χ2n) is 5.76. The summed E-state index contributed by atoms with van der Waals surface area (Å²) in [6.45, 7) is 4.31. The van der Waals surface area contributed by atoms with Gasteiger partial charge in [-0.05, 0) is 43.0 Å². The fraction of sp³-hybridized carbons (Fsp3) is 0.533. The molecule has 1 atom stereocenters. The van der Waals surface area contributed by atoms with Crippen LogP contribution in [-0.2, 0) is 9.84 Å². The van der Waals surface area contributed by atoms with E-state index in [4.69, 9.17) is 0 Å². The average molecular weight is 391 g/mol. The quantitative estimate of drug-likeness (QED) is 0.748. The molecule has 0 aliphatic heterocycles. The molecule has 1 aromatic rings. The first-order chi connectivity index (χ1) is 10.2. The number of anilines is 1. The first-order valence-electron chi connectivity index (χ1n) is 7.17. The first kappa shape index (κ1) is 19.0. The van der Waals surface area contributed by atoms with Crippen LogP contribution in [0.1, 0.15) is 26.7 Å². The zero-order valence-corrected chi connectivity index (χ0v) is 15.5. The van der Waals surface area contributed by atoms with Crippen LogP contribution in [0.25, 0.3) is 0 Å². The summed E-state index contributed by atoms with van der Waals surface area (Å²) in [6, 6.07) is 6.89. The van der Waals surface area contributed by atoms with Crippen LogP contribution in [0.3, 0.4) is 0 Å². The van der Waals surface area contributed by atoms with Gasteiger partial charge < -0.3 is 10.6 Å². The Morgan fingerprint density at radius 1 is 1.23 bits per heavy atom. The van der Waals surface area contributed by atoms with Crippen molar-refractivity contribution in [2.75, 3.05) is 18.1 Å². The van der Waals surface area contributed by atoms with Crippen molar-refractivity contribution in [3.63, 3.8) is 0 Å². The van der Waals surface area contributed by atoms with Crippen LogP contribution in [0.4, 0.5) is 10.5 Å². The number of urea groups is 1. The Morgan fingerprint density at radius 2 is 1.82 bits per heavy atom. The smallest absolute Gasteiger partial charge is 0.319 e. The highest BCUT2D eigenvalue weighted by atomic mass is 79.9. The molecule has 1 unspecified atom stereocenters. The van der Waals surface area contributed by atoms with Crippen LogP contribution in [0.2, 0.25) is 0 Å². The second-order valence-corrected chi connectivity index (χ2v) is 9.00. The molecule has 0 spiro atoms. The molecule has 2 N–H and O–H groups in total. The largest absolute Gasteiger partial charge is 0.338 e. The van der Waals surface area contributed by atoms with Crippen LogP contribution in [-0.4, -0.2) is 32.5 Å². The summed E-state index contributed by atoms with van der Waals surface area (Å²) in [7, 11) is -3.10. The average Bonchev–Trinajstić information content (AvgIpc) is 2.39. The molecule has 0 bridgehead atoms. The lowest BCUT2D eigenvalue weighted by molar-refractivity contribution is 0.252. The van der Waals surface area contributed by atoms with Gasteiger partial charge in [0.05, 0.1) is 5.25 Å². The number of carbonyl (C=O) groups is 1. The Morgan fingerprint density at radius 3 is 2.32 bits per heavy atom. The van der Waals surface area contributed by atoms with E-state index in [0.717, 1.165) is 4.47 Å². The molecule has 0 aromatic heterocycles. The number of carbonyl (C=O) groups excluding carboxylic acids is 1. The molecule has 124 valence electrons. The molecule has 5 nitrogen and oxygen atoms in total. The molecule has 2 amide bonds. The summed E-state index contributed by atoms with van der Waals surface area (Å²) in [5.74, 6) is 0.302. The van der Waals surface area contributed by atoms with E-state index < -0.39 is 15.1 Å². The number of hydrogen-bond donors (Lipinski definition) is 2. The Bertz CT molecular complexity index is 585. The molecule has 0 saturated carbocycles. The first-order valence-corrected chi connectivity index (χ1v) is 9.92. The number of rotatable bonds is 7. The van der Waals surface area contributed by atoms with Crippen LogP contribution in [0, 0.1) is 5.92 Å². The minimum absolute atomic E-state index is 0.302. The third-order valence-corrected chi connectivity index (χ3v) is 5.36. The molecule has 0 fully saturated rings. The van der Waals surface area contributed by atoms with Crippen molar-refractivity contribution in [1.29, 1.82) is 0 Å². The van der Waals surface area contributed by atoms with Crippen molar-refractivity contribution in [3.05, 3.63) is 28.7 Å². The van der Waals surface area contributed by atoms with Crippen molar-refractivity contribution in [1.82, 2.24) is 5.32 Å². The SMILES string of the molecule is CC(C)CC(CCNC(=O)Nc1ccc(Br)cc1)S(C)(=O)=O. The van der Waals surface area contributed by atoms with E-state index in [2.05, 4.69) is 26.6 Å². The van der Waals surface area contributed by atoms with Crippen molar-refractivity contribution in [3.8, 4) is 0 Å². The Hall–Kier alpha value is -1.08. The highest BCUT2D eigenvalue weighted by Gasteiger charge is 2.21. The van der Waals surface area contributed by atoms with E-state index in [9.17, 15) is 13.2 Å². The molecule has 1 rings (SSSR count). The molecule has 0 aliphatic carbocycles. The summed E-state index contributed by atoms with van der Waals surface area (Å²) in [5, 5.41) is 4.98. The third-order valence-electron chi connectivity index (χ3n) is 3.19. The molecule has 0 aliphatic rings. The summed E-state index contributed by atoms with van der Waals surface area (Å²) in [6.07, 6.45) is 2.28. The highest BCUT2D eigenvalue weighted by Crippen LogP contribution is 2.16. The molecule has 0 heterocycles. The van der Waals surface area contributed by atoms with Gasteiger partial charge in [-0.3, -0.25) is 0 Å². The van der Waals surface area contributed by atoms with Crippen molar-refractivity contribution >= 4 is 37.5 Å². The van der Waals surface area contributed by atoms with Gasteiger partial charge in [-0.1, -0.05) is 29.8 Å². The number of benzene rings is 1. The van der Waals surface area contributed by atoms with Gasteiger partial charge in [-0.25, -0.2) is 13.2 Å². The maximum atomic E-state index is 11.8. The van der Waals surface area contributed by atoms with Crippen LogP contribution in [0.5, 0.6) is 0 Å². The number of nitrogens with one attached hydrogen (secondary N) is 2. The molecule has 22 heavy (non-hydrogen) atoms. The maximum absolute atomic E-state index is 11.8. The zero-order valence-electron chi connectivity index (χ0n) is 13.1. The van der Waals surface area contributed by atoms with Crippen molar-refractivity contribution < 1.29 is 13.2 Å². The Kier molecular flexibility index (Phi) is 7.35. The minimum Gasteiger partial charge on any atom is -0.338 e. The molecule has 7 heteroatoms. The molecule has 0 saturated heterocycles. The van der Waals surface area contributed by atoms with Gasteiger partial charge in [-0.15, -0.1) is 0 Å². The van der Waals surface area contributed by atoms with Crippen LogP contribution < -0.4 is 10.6 Å². The van der Waals surface area contributed by atoms with E-state index in [1.165, 1.54) is 6.26 Å². The lowest BCUT2D eigenvalue weighted by Gasteiger charge is -2.17. The summed E-state index contributed by atoms with van der Waals surface area (Å²) in [4.78, 5) is 11.8. The van der Waals surface area contributed by atoms with E-state index in [1.807, 2.05) is 26.0 Å². The predicted molar refractivity (Wildman–Crippen MR) is 93.9 cm³/mol. The zero-order chi connectivity index (χ0) is 16.8. The van der Waals surface area contributed by atoms with Gasteiger partial charge in [0.15, 0.2) is 0 Å². The monoisotopic (exact) mass is 390 g/mol. The van der Waals surface area contributed by atoms with Crippen molar-refractivity contribution in [2.45, 2.75) is 31.9 Å². The highest BCUT2D eigenvalue weighted by molar-refractivity contribution is 9.10. The lowest BCUT2D eigenvalue weighted by Crippen LogP contribution is -2.33. The summed E-state index contributed by atoms with van der Waals surface area (Å²) >= 11 is 3.32. The second kappa shape index (κ2) is 8.53. The summed E-state index contributed by atoms with van der Waals surface area (Å²) < 4.78 is 24.4. The normalized spacial score (nSPS) is 13.0. The number of hydrogen-bond acceptors (Lipinski definition) is 3. The lowest BCUT2D eigenvalue weighted by atomic mass is 10.1. The standard InChI is InChI=1S/C15H23BrN2O3S/c1-11(2)10-14(22(3,20)21)8-9-17-15(19)18-13-6-4-12(16)5-7-13/h4-7,11,14H,8-10H2,1-3H3,(H2,17,18,19). The van der Waals surface area contributed by atoms with Gasteiger partial charge in [0.2, 0.25) is 0 Å². The van der Waals surface area contributed by atoms with Crippen molar-refractivity contribution in [2.24, 2.45) is 5.92 Å². The Labute approximate surface area is 140 Å². The third kappa shape index (κ3) is 7.26. The fourth-order valence-electron chi connectivity index (χ4n) is 2.09. The topological polar surface area (TPSA) is 75.3 Å². The maximum Gasteiger partial charge on any atom is 0.319 e. The van der Waals surface area contributed by atoms with E-state index in [1.54, 1.807) is 12.1 Å². The molecular weight excluding hydrogens is 368 g/mol. The predicted octanol–water partition coefficient (Wildman–Crippen LogP) is 3.42. The van der Waals surface area contributed by atoms with Crippen LogP contribution in [0.15, 0.2) is 28.7 Å².